The third kappa shape index (κ3) is 4.16. The van der Waals surface area contributed by atoms with E-state index in [9.17, 15) is 0 Å². The van der Waals surface area contributed by atoms with Gasteiger partial charge in [0, 0.05) is 5.66 Å². The van der Waals surface area contributed by atoms with Crippen LogP contribution < -0.4 is 5.30 Å². The number of fused-ring (bicyclic) bond motifs is 7. The van der Waals surface area contributed by atoms with Crippen molar-refractivity contribution in [3.63, 3.8) is 0 Å². The van der Waals surface area contributed by atoms with Gasteiger partial charge < -0.3 is 0 Å². The maximum absolute atomic E-state index is 2.44. The van der Waals surface area contributed by atoms with Gasteiger partial charge in [0.25, 0.3) is 0 Å². The maximum Gasteiger partial charge on any atom is 0.0126 e. The van der Waals surface area contributed by atoms with Gasteiger partial charge in [-0.1, -0.05) is 154 Å². The first-order valence-electron chi connectivity index (χ1n) is 13.4. The summed E-state index contributed by atoms with van der Waals surface area (Å²) in [6.45, 7) is 0. The second-order valence-corrected chi connectivity index (χ2v) is 12.5. The minimum Gasteiger partial charge on any atom is -0.0830 e. The van der Waals surface area contributed by atoms with Crippen LogP contribution in [-0.2, 0) is 6.16 Å². The van der Waals surface area contributed by atoms with E-state index in [0.717, 1.165) is 12.6 Å². The molecule has 0 radical (unpaired) electrons. The molecule has 2 atom stereocenters. The Labute approximate surface area is 226 Å². The van der Waals surface area contributed by atoms with Gasteiger partial charge in [0.2, 0.25) is 0 Å². The molecule has 7 rings (SSSR count). The predicted octanol–water partition coefficient (Wildman–Crippen LogP) is 10.1. The minimum atomic E-state index is -0.473. The van der Waals surface area contributed by atoms with Gasteiger partial charge in [-0.2, -0.15) is 0 Å². The zero-order valence-electron chi connectivity index (χ0n) is 21.3. The van der Waals surface area contributed by atoms with Crippen LogP contribution in [0.1, 0.15) is 28.8 Å². The van der Waals surface area contributed by atoms with Crippen molar-refractivity contribution < 1.29 is 0 Å². The van der Waals surface area contributed by atoms with E-state index in [1.165, 1.54) is 54.7 Å². The van der Waals surface area contributed by atoms with Gasteiger partial charge in [-0.3, -0.25) is 0 Å². The number of rotatable bonds is 4. The van der Waals surface area contributed by atoms with Crippen LogP contribution >= 0.6 is 7.92 Å². The van der Waals surface area contributed by atoms with Crippen LogP contribution in [-0.4, -0.2) is 0 Å². The van der Waals surface area contributed by atoms with Gasteiger partial charge in [0.1, 0.15) is 0 Å². The summed E-state index contributed by atoms with van der Waals surface area (Å²) in [5.41, 5.74) is 7.54. The summed E-state index contributed by atoms with van der Waals surface area (Å²) in [4.78, 5) is 0. The summed E-state index contributed by atoms with van der Waals surface area (Å²) < 4.78 is 0. The SMILES string of the molecule is C(=C\c1ccccc1)/C[C@H]1c2ccc3ccccc3c2-c2c(ccc3ccccc23)CP1c1ccccc1. The topological polar surface area (TPSA) is 0 Å². The Hall–Kier alpha value is -3.99. The Balaban J connectivity index is 1.50. The average Bonchev–Trinajstić information content (AvgIpc) is 3.13. The molecule has 0 aromatic heterocycles. The molecule has 1 aliphatic rings. The Morgan fingerprint density at radius 2 is 1.18 bits per heavy atom. The van der Waals surface area contributed by atoms with Crippen molar-refractivity contribution in [2.24, 2.45) is 0 Å². The molecule has 1 heteroatoms. The van der Waals surface area contributed by atoms with Crippen molar-refractivity contribution in [1.29, 1.82) is 0 Å². The van der Waals surface area contributed by atoms with E-state index in [2.05, 4.69) is 146 Å². The Bertz CT molecular complexity index is 1770. The molecule has 0 saturated heterocycles. The zero-order valence-corrected chi connectivity index (χ0v) is 22.2. The Kier molecular flexibility index (Phi) is 6.12. The lowest BCUT2D eigenvalue weighted by Crippen LogP contribution is -2.08. The summed E-state index contributed by atoms with van der Waals surface area (Å²) in [5.74, 6) is 0. The second kappa shape index (κ2) is 10.1. The molecule has 1 heterocycles. The average molecular weight is 505 g/mol. The first-order valence-corrected chi connectivity index (χ1v) is 15.0. The third-order valence-electron chi connectivity index (χ3n) is 7.86. The fourth-order valence-electron chi connectivity index (χ4n) is 6.09. The van der Waals surface area contributed by atoms with E-state index < -0.39 is 7.92 Å². The normalized spacial score (nSPS) is 16.8. The van der Waals surface area contributed by atoms with E-state index in [0.29, 0.717) is 5.66 Å². The first kappa shape index (κ1) is 23.2. The molecule has 182 valence electrons. The minimum absolute atomic E-state index is 0.429. The lowest BCUT2D eigenvalue weighted by molar-refractivity contribution is 0.963. The smallest absolute Gasteiger partial charge is 0.0126 e. The summed E-state index contributed by atoms with van der Waals surface area (Å²) in [6, 6.07) is 49.3. The highest BCUT2D eigenvalue weighted by Gasteiger charge is 2.32. The summed E-state index contributed by atoms with van der Waals surface area (Å²) in [7, 11) is -0.473. The molecular formula is C37H29P. The van der Waals surface area contributed by atoms with Crippen LogP contribution in [0.25, 0.3) is 38.7 Å². The van der Waals surface area contributed by atoms with E-state index in [-0.39, 0.29) is 0 Å². The Morgan fingerprint density at radius 3 is 1.92 bits per heavy atom. The molecule has 0 aliphatic carbocycles. The summed E-state index contributed by atoms with van der Waals surface area (Å²) in [6.07, 6.45) is 6.82. The van der Waals surface area contributed by atoms with Crippen molar-refractivity contribution in [3.05, 3.63) is 156 Å². The van der Waals surface area contributed by atoms with Crippen LogP contribution in [0.2, 0.25) is 0 Å². The first-order chi connectivity index (χ1) is 18.9. The molecule has 1 aliphatic heterocycles. The second-order valence-electron chi connectivity index (χ2n) is 10.1. The molecule has 38 heavy (non-hydrogen) atoms. The zero-order chi connectivity index (χ0) is 25.3. The molecule has 6 aromatic rings. The lowest BCUT2D eigenvalue weighted by Gasteiger charge is -2.27. The predicted molar refractivity (Wildman–Crippen MR) is 166 cm³/mol. The molecule has 0 amide bonds. The highest BCUT2D eigenvalue weighted by molar-refractivity contribution is 7.65. The molecule has 0 nitrogen and oxygen atoms in total. The molecule has 0 N–H and O–H groups in total. The number of allylic oxidation sites excluding steroid dienone is 1. The number of hydrogen-bond acceptors (Lipinski definition) is 0. The van der Waals surface area contributed by atoms with Gasteiger partial charge in [0.05, 0.1) is 0 Å². The van der Waals surface area contributed by atoms with Crippen molar-refractivity contribution in [2.75, 3.05) is 0 Å². The van der Waals surface area contributed by atoms with E-state index in [1.54, 1.807) is 0 Å². The molecule has 0 fully saturated rings. The summed E-state index contributed by atoms with van der Waals surface area (Å²) >= 11 is 0. The van der Waals surface area contributed by atoms with Gasteiger partial charge >= 0.3 is 0 Å². The van der Waals surface area contributed by atoms with Crippen LogP contribution in [0.4, 0.5) is 0 Å². The van der Waals surface area contributed by atoms with Crippen LogP contribution in [0.3, 0.4) is 0 Å². The summed E-state index contributed by atoms with van der Waals surface area (Å²) in [5, 5.41) is 6.85. The van der Waals surface area contributed by atoms with Gasteiger partial charge in [-0.15, -0.1) is 0 Å². The fourth-order valence-corrected chi connectivity index (χ4v) is 8.97. The maximum atomic E-state index is 2.44. The monoisotopic (exact) mass is 504 g/mol. The lowest BCUT2D eigenvalue weighted by atomic mass is 9.86. The molecule has 0 spiro atoms. The van der Waals surface area contributed by atoms with Crippen LogP contribution in [0, 0.1) is 0 Å². The van der Waals surface area contributed by atoms with Gasteiger partial charge in [0.15, 0.2) is 0 Å². The molecule has 0 bridgehead atoms. The van der Waals surface area contributed by atoms with Gasteiger partial charge in [-0.05, 0) is 67.2 Å². The van der Waals surface area contributed by atoms with Crippen molar-refractivity contribution in [2.45, 2.75) is 18.2 Å². The number of hydrogen-bond donors (Lipinski definition) is 0. The molecular weight excluding hydrogens is 475 g/mol. The van der Waals surface area contributed by atoms with Crippen molar-refractivity contribution >= 4 is 40.8 Å². The quantitative estimate of drug-likeness (QED) is 0.210. The fraction of sp³-hybridized carbons (Fsp3) is 0.0811. The Morgan fingerprint density at radius 1 is 0.579 bits per heavy atom. The van der Waals surface area contributed by atoms with E-state index in [4.69, 9.17) is 0 Å². The standard InChI is InChI=1S/C37H29P/c1-3-12-27(13-4-1)14-11-21-35-34-25-24-29-16-8-10-20-33(29)37(34)36-30(23-22-28-15-7-9-19-32(28)36)26-38(35)31-17-5-2-6-18-31/h1-20,22-25,35H,21,26H2/b14-11+/t35-,38?/m0/s1. The molecule has 1 unspecified atom stereocenters. The largest absolute Gasteiger partial charge is 0.0830 e. The van der Waals surface area contributed by atoms with Crippen molar-refractivity contribution in [3.8, 4) is 11.1 Å². The third-order valence-corrected chi connectivity index (χ3v) is 10.7. The van der Waals surface area contributed by atoms with Crippen LogP contribution in [0.5, 0.6) is 0 Å². The van der Waals surface area contributed by atoms with Crippen molar-refractivity contribution in [1.82, 2.24) is 0 Å². The van der Waals surface area contributed by atoms with Gasteiger partial charge in [-0.25, -0.2) is 0 Å². The highest BCUT2D eigenvalue weighted by Crippen LogP contribution is 2.61. The molecule has 0 saturated carbocycles. The highest BCUT2D eigenvalue weighted by atomic mass is 31.1. The van der Waals surface area contributed by atoms with E-state index in [1.807, 2.05) is 0 Å². The number of benzene rings is 6. The molecule has 6 aromatic carbocycles. The van der Waals surface area contributed by atoms with Crippen LogP contribution in [0.15, 0.2) is 140 Å². The van der Waals surface area contributed by atoms with E-state index >= 15 is 0 Å².